The van der Waals surface area contributed by atoms with Crippen molar-refractivity contribution in [2.75, 3.05) is 13.1 Å². The average molecular weight is 244 g/mol. The van der Waals surface area contributed by atoms with Gasteiger partial charge in [-0.25, -0.2) is 18.1 Å². The number of hydrogen-bond donors (Lipinski definition) is 2. The van der Waals surface area contributed by atoms with Gasteiger partial charge < -0.3 is 4.98 Å². The van der Waals surface area contributed by atoms with Crippen molar-refractivity contribution in [3.05, 3.63) is 22.5 Å². The van der Waals surface area contributed by atoms with Crippen LogP contribution in [0.25, 0.3) is 10.4 Å². The van der Waals surface area contributed by atoms with Crippen molar-refractivity contribution in [3.8, 4) is 0 Å². The topological polar surface area (TPSA) is 124 Å². The molecule has 0 aliphatic carbocycles. The summed E-state index contributed by atoms with van der Waals surface area (Å²) in [7, 11) is -3.58. The summed E-state index contributed by atoms with van der Waals surface area (Å²) in [6, 6.07) is 0. The Bertz CT molecular complexity index is 487. The van der Waals surface area contributed by atoms with E-state index in [1.165, 1.54) is 6.20 Å². The molecule has 0 bridgehead atoms. The highest BCUT2D eigenvalue weighted by Crippen LogP contribution is 2.05. The Labute approximate surface area is 92.8 Å². The molecule has 0 fully saturated rings. The van der Waals surface area contributed by atoms with E-state index >= 15 is 0 Å². The summed E-state index contributed by atoms with van der Waals surface area (Å²) in [5, 5.41) is 3.24. The maximum atomic E-state index is 11.6. The lowest BCUT2D eigenvalue weighted by Gasteiger charge is -2.01. The molecule has 0 aromatic carbocycles. The van der Waals surface area contributed by atoms with Gasteiger partial charge in [-0.3, -0.25) is 0 Å². The highest BCUT2D eigenvalue weighted by Gasteiger charge is 2.15. The zero-order chi connectivity index (χ0) is 12.0. The third-order valence-corrected chi connectivity index (χ3v) is 3.17. The van der Waals surface area contributed by atoms with Crippen LogP contribution in [0, 0.1) is 0 Å². The van der Waals surface area contributed by atoms with Gasteiger partial charge in [-0.1, -0.05) is 12.0 Å². The molecule has 0 amide bonds. The molecule has 0 aliphatic rings. The summed E-state index contributed by atoms with van der Waals surface area (Å²) >= 11 is 0. The third-order valence-electron chi connectivity index (χ3n) is 1.80. The Hall–Kier alpha value is -1.57. The van der Waals surface area contributed by atoms with Crippen LogP contribution < -0.4 is 4.72 Å². The maximum absolute atomic E-state index is 11.6. The Morgan fingerprint density at radius 3 is 3.00 bits per heavy atom. The second-order valence-corrected chi connectivity index (χ2v) is 4.64. The van der Waals surface area contributed by atoms with Gasteiger partial charge in [-0.2, -0.15) is 0 Å². The van der Waals surface area contributed by atoms with E-state index in [9.17, 15) is 8.42 Å². The van der Waals surface area contributed by atoms with E-state index in [0.29, 0.717) is 12.2 Å². The standard InChI is InChI=1S/C7H12N6O2S/c1-2-6-9-5-7(12-6)16(14,15)11-4-3-10-13-8/h5,11H,2-4H2,1H3,(H,9,12). The summed E-state index contributed by atoms with van der Waals surface area (Å²) < 4.78 is 25.5. The number of aromatic nitrogens is 2. The van der Waals surface area contributed by atoms with Crippen molar-refractivity contribution in [1.82, 2.24) is 14.7 Å². The molecule has 9 heteroatoms. The monoisotopic (exact) mass is 244 g/mol. The first-order valence-electron chi connectivity index (χ1n) is 4.64. The van der Waals surface area contributed by atoms with E-state index < -0.39 is 10.0 Å². The quantitative estimate of drug-likeness (QED) is 0.329. The minimum absolute atomic E-state index is 0.0188. The fraction of sp³-hybridized carbons (Fsp3) is 0.571. The number of nitrogens with zero attached hydrogens (tertiary/aromatic N) is 4. The van der Waals surface area contributed by atoms with Gasteiger partial charge in [0.05, 0.1) is 6.20 Å². The number of rotatable bonds is 6. The lowest BCUT2D eigenvalue weighted by atomic mass is 10.5. The molecule has 8 nitrogen and oxygen atoms in total. The Balaban J connectivity index is 2.66. The van der Waals surface area contributed by atoms with Crippen LogP contribution in [0.4, 0.5) is 0 Å². The van der Waals surface area contributed by atoms with Crippen LogP contribution in [0.1, 0.15) is 12.7 Å². The summed E-state index contributed by atoms with van der Waals surface area (Å²) in [4.78, 5) is 9.08. The van der Waals surface area contributed by atoms with Crippen molar-refractivity contribution in [1.29, 1.82) is 0 Å². The first kappa shape index (κ1) is 12.5. The summed E-state index contributed by atoms with van der Waals surface area (Å²) in [5.74, 6) is 0.607. The fourth-order valence-electron chi connectivity index (χ4n) is 1.01. The molecule has 1 rings (SSSR count). The number of nitrogens with one attached hydrogen (secondary N) is 2. The first-order chi connectivity index (χ1) is 7.60. The van der Waals surface area contributed by atoms with Gasteiger partial charge in [0, 0.05) is 24.4 Å². The van der Waals surface area contributed by atoms with Crippen LogP contribution in [0.2, 0.25) is 0 Å². The number of azide groups is 1. The van der Waals surface area contributed by atoms with Crippen molar-refractivity contribution < 1.29 is 8.42 Å². The first-order valence-corrected chi connectivity index (χ1v) is 6.13. The second-order valence-electron chi connectivity index (χ2n) is 2.90. The lowest BCUT2D eigenvalue weighted by Crippen LogP contribution is -2.26. The van der Waals surface area contributed by atoms with Crippen LogP contribution in [0.5, 0.6) is 0 Å². The number of H-pyrrole nitrogens is 1. The van der Waals surface area contributed by atoms with Crippen LogP contribution in [0.15, 0.2) is 16.3 Å². The number of sulfonamides is 1. The molecule has 1 aromatic heterocycles. The van der Waals surface area contributed by atoms with Crippen molar-refractivity contribution in [2.24, 2.45) is 5.11 Å². The minimum atomic E-state index is -3.58. The van der Waals surface area contributed by atoms with Gasteiger partial charge in [-0.15, -0.1) is 0 Å². The van der Waals surface area contributed by atoms with Gasteiger partial charge >= 0.3 is 0 Å². The highest BCUT2D eigenvalue weighted by atomic mass is 32.2. The molecule has 0 aliphatic heterocycles. The molecule has 88 valence electrons. The zero-order valence-electron chi connectivity index (χ0n) is 8.71. The molecule has 0 spiro atoms. The number of aryl methyl sites for hydroxylation is 1. The molecule has 1 heterocycles. The summed E-state index contributed by atoms with van der Waals surface area (Å²) in [6.07, 6.45) is 1.89. The predicted molar refractivity (Wildman–Crippen MR) is 57.2 cm³/mol. The molecule has 2 N–H and O–H groups in total. The van der Waals surface area contributed by atoms with E-state index in [2.05, 4.69) is 24.7 Å². The molecule has 0 saturated carbocycles. The molecule has 1 aromatic rings. The van der Waals surface area contributed by atoms with Gasteiger partial charge in [-0.05, 0) is 5.53 Å². The minimum Gasteiger partial charge on any atom is -0.332 e. The van der Waals surface area contributed by atoms with E-state index in [-0.39, 0.29) is 18.1 Å². The molecule has 0 unspecified atom stereocenters. The Morgan fingerprint density at radius 2 is 2.44 bits per heavy atom. The largest absolute Gasteiger partial charge is 0.332 e. The summed E-state index contributed by atoms with van der Waals surface area (Å²) in [5.41, 5.74) is 8.01. The van der Waals surface area contributed by atoms with E-state index in [4.69, 9.17) is 5.53 Å². The van der Waals surface area contributed by atoms with Crippen molar-refractivity contribution >= 4 is 10.0 Å². The highest BCUT2D eigenvalue weighted by molar-refractivity contribution is 7.89. The van der Waals surface area contributed by atoms with Crippen molar-refractivity contribution in [2.45, 2.75) is 18.4 Å². The van der Waals surface area contributed by atoms with E-state index in [0.717, 1.165) is 0 Å². The van der Waals surface area contributed by atoms with Crippen LogP contribution in [-0.2, 0) is 16.4 Å². The van der Waals surface area contributed by atoms with Gasteiger partial charge in [0.25, 0.3) is 10.0 Å². The smallest absolute Gasteiger partial charge is 0.257 e. The maximum Gasteiger partial charge on any atom is 0.257 e. The average Bonchev–Trinajstić information content (AvgIpc) is 2.73. The summed E-state index contributed by atoms with van der Waals surface area (Å²) in [6.45, 7) is 2.00. The molecule has 16 heavy (non-hydrogen) atoms. The second kappa shape index (κ2) is 5.50. The Morgan fingerprint density at radius 1 is 1.69 bits per heavy atom. The number of hydrogen-bond acceptors (Lipinski definition) is 4. The van der Waals surface area contributed by atoms with Crippen molar-refractivity contribution in [3.63, 3.8) is 0 Å². The molecule has 0 radical (unpaired) electrons. The lowest BCUT2D eigenvalue weighted by molar-refractivity contribution is 0.578. The molecular formula is C7H12N6O2S. The van der Waals surface area contributed by atoms with E-state index in [1.54, 1.807) is 0 Å². The zero-order valence-corrected chi connectivity index (χ0v) is 9.53. The van der Waals surface area contributed by atoms with Gasteiger partial charge in [0.15, 0.2) is 5.03 Å². The molecular weight excluding hydrogens is 232 g/mol. The van der Waals surface area contributed by atoms with Gasteiger partial charge in [0.2, 0.25) is 0 Å². The number of imidazole rings is 1. The van der Waals surface area contributed by atoms with Crippen LogP contribution in [0.3, 0.4) is 0 Å². The Kier molecular flexibility index (Phi) is 4.29. The molecule has 0 saturated heterocycles. The third kappa shape index (κ3) is 3.23. The van der Waals surface area contributed by atoms with Crippen LogP contribution >= 0.6 is 0 Å². The molecule has 0 atom stereocenters. The SMILES string of the molecule is CCc1ncc(S(=O)(=O)NCCN=[N+]=[N-])[nH]1. The van der Waals surface area contributed by atoms with Crippen LogP contribution in [-0.4, -0.2) is 31.5 Å². The van der Waals surface area contributed by atoms with E-state index in [1.807, 2.05) is 6.92 Å². The fourth-order valence-corrected chi connectivity index (χ4v) is 1.97. The van der Waals surface area contributed by atoms with Gasteiger partial charge in [0.1, 0.15) is 5.82 Å². The predicted octanol–water partition coefficient (Wildman–Crippen LogP) is 0.561. The normalized spacial score (nSPS) is 11.1. The number of aromatic amines is 1.